The van der Waals surface area contributed by atoms with Crippen LogP contribution in [0.5, 0.6) is 0 Å². The van der Waals surface area contributed by atoms with Gasteiger partial charge in [-0.15, -0.1) is 0 Å². The Morgan fingerprint density at radius 2 is 2.00 bits per heavy atom. The predicted molar refractivity (Wildman–Crippen MR) is 138 cm³/mol. The average Bonchev–Trinajstić information content (AvgIpc) is 3.38. The minimum absolute atomic E-state index is 0.144. The highest BCUT2D eigenvalue weighted by atomic mass is 16.3. The van der Waals surface area contributed by atoms with E-state index >= 15 is 0 Å². The first-order chi connectivity index (χ1) is 16.5. The molecule has 0 bridgehead atoms. The number of unbranched alkanes of at least 4 members (excludes halogenated alkanes) is 2. The summed E-state index contributed by atoms with van der Waals surface area (Å²) >= 11 is 0. The number of fused-ring (bicyclic) bond motifs is 1. The molecule has 1 aromatic carbocycles. The van der Waals surface area contributed by atoms with Gasteiger partial charge in [-0.3, -0.25) is 4.79 Å². The minimum Gasteiger partial charge on any atom is -0.392 e. The van der Waals surface area contributed by atoms with Crippen molar-refractivity contribution in [2.24, 2.45) is 17.8 Å². The van der Waals surface area contributed by atoms with Gasteiger partial charge < -0.3 is 15.1 Å². The molecule has 186 valence electrons. The molecule has 1 amide bonds. The van der Waals surface area contributed by atoms with Crippen molar-refractivity contribution in [1.82, 2.24) is 4.90 Å². The van der Waals surface area contributed by atoms with Crippen molar-refractivity contribution in [2.45, 2.75) is 89.8 Å². The summed E-state index contributed by atoms with van der Waals surface area (Å²) < 4.78 is 0. The number of benzene rings is 1. The highest BCUT2D eigenvalue weighted by Crippen LogP contribution is 2.48. The zero-order valence-corrected chi connectivity index (χ0v) is 20.9. The Labute approximate surface area is 205 Å². The molecular formula is C30H43NO3. The maximum absolute atomic E-state index is 12.9. The minimum atomic E-state index is -0.397. The van der Waals surface area contributed by atoms with E-state index in [-0.39, 0.29) is 17.9 Å². The van der Waals surface area contributed by atoms with Crippen molar-refractivity contribution >= 4 is 5.91 Å². The smallest absolute Gasteiger partial charge is 0.253 e. The normalized spacial score (nSPS) is 27.7. The molecule has 1 aliphatic heterocycles. The van der Waals surface area contributed by atoms with Crippen LogP contribution in [0, 0.1) is 17.8 Å². The Morgan fingerprint density at radius 1 is 1.18 bits per heavy atom. The molecule has 0 unspecified atom stereocenters. The number of aliphatic hydroxyl groups excluding tert-OH is 2. The van der Waals surface area contributed by atoms with Crippen molar-refractivity contribution in [2.75, 3.05) is 13.1 Å². The Morgan fingerprint density at radius 3 is 2.79 bits per heavy atom. The van der Waals surface area contributed by atoms with Crippen LogP contribution < -0.4 is 0 Å². The third-order valence-electron chi connectivity index (χ3n) is 8.16. The topological polar surface area (TPSA) is 60.8 Å². The Bertz CT molecular complexity index is 870. The van der Waals surface area contributed by atoms with Crippen molar-refractivity contribution in [1.29, 1.82) is 0 Å². The van der Waals surface area contributed by atoms with Crippen LogP contribution in [0.3, 0.4) is 0 Å². The number of carbonyl (C=O) groups is 1. The summed E-state index contributed by atoms with van der Waals surface area (Å²) in [4.78, 5) is 14.9. The molecule has 3 aliphatic rings. The first-order valence-corrected chi connectivity index (χ1v) is 13.7. The molecule has 2 fully saturated rings. The monoisotopic (exact) mass is 465 g/mol. The van der Waals surface area contributed by atoms with Gasteiger partial charge in [0.05, 0.1) is 12.2 Å². The number of piperidine rings is 1. The Balaban J connectivity index is 1.29. The van der Waals surface area contributed by atoms with E-state index in [1.54, 1.807) is 0 Å². The van der Waals surface area contributed by atoms with Crippen molar-refractivity contribution < 1.29 is 15.0 Å². The van der Waals surface area contributed by atoms with Crippen LogP contribution in [-0.4, -0.2) is 46.3 Å². The van der Waals surface area contributed by atoms with Crippen molar-refractivity contribution in [3.8, 4) is 0 Å². The largest absolute Gasteiger partial charge is 0.392 e. The molecule has 1 saturated carbocycles. The summed E-state index contributed by atoms with van der Waals surface area (Å²) in [5, 5.41) is 20.9. The Kier molecular flexibility index (Phi) is 9.02. The molecule has 4 heteroatoms. The number of aryl methyl sites for hydroxylation is 1. The zero-order valence-electron chi connectivity index (χ0n) is 20.9. The molecule has 1 heterocycles. The van der Waals surface area contributed by atoms with E-state index in [1.807, 2.05) is 23.1 Å². The molecule has 2 aliphatic carbocycles. The quantitative estimate of drug-likeness (QED) is 0.345. The fourth-order valence-corrected chi connectivity index (χ4v) is 6.19. The molecule has 1 aromatic rings. The lowest BCUT2D eigenvalue weighted by Crippen LogP contribution is -2.35. The second-order valence-corrected chi connectivity index (χ2v) is 10.7. The van der Waals surface area contributed by atoms with E-state index in [1.165, 1.54) is 17.6 Å². The third kappa shape index (κ3) is 6.40. The maximum atomic E-state index is 12.9. The standard InChI is InChI=1S/C30H43NO3/c1-2-3-5-11-26(32)14-15-27-28-20-23(19-25(28)21-29(27)33)13-12-22-9-8-10-24(18-22)30(34)31-16-6-4-7-17-31/h8-10,14-15,18-19,25-29,32-33H,2-7,11-13,16-17,20-21H2,1H3/b15-14+/t25-,26-,27+,28-,29+/m0/s1. The molecule has 1 saturated heterocycles. The van der Waals surface area contributed by atoms with Crippen LogP contribution in [0.2, 0.25) is 0 Å². The Hall–Kier alpha value is -1.91. The number of likely N-dealkylation sites (tertiary alicyclic amines) is 1. The van der Waals surface area contributed by atoms with E-state index in [0.29, 0.717) is 11.8 Å². The first kappa shape index (κ1) is 25.2. The lowest BCUT2D eigenvalue weighted by atomic mass is 9.88. The van der Waals surface area contributed by atoms with Gasteiger partial charge >= 0.3 is 0 Å². The molecule has 0 spiro atoms. The summed E-state index contributed by atoms with van der Waals surface area (Å²) in [6.45, 7) is 3.94. The lowest BCUT2D eigenvalue weighted by molar-refractivity contribution is 0.0724. The second kappa shape index (κ2) is 12.2. The van der Waals surface area contributed by atoms with Gasteiger partial charge in [0, 0.05) is 24.6 Å². The maximum Gasteiger partial charge on any atom is 0.253 e. The summed E-state index contributed by atoms with van der Waals surface area (Å²) in [7, 11) is 0. The van der Waals surface area contributed by atoms with Gasteiger partial charge in [0.25, 0.3) is 5.91 Å². The van der Waals surface area contributed by atoms with E-state index in [0.717, 1.165) is 82.9 Å². The van der Waals surface area contributed by atoms with E-state index in [9.17, 15) is 15.0 Å². The van der Waals surface area contributed by atoms with Crippen LogP contribution in [-0.2, 0) is 6.42 Å². The van der Waals surface area contributed by atoms with Crippen molar-refractivity contribution in [3.63, 3.8) is 0 Å². The number of allylic oxidation sites excluding steroid dienone is 2. The molecule has 2 N–H and O–H groups in total. The molecule has 0 aromatic heterocycles. The number of nitrogens with zero attached hydrogens (tertiary/aromatic N) is 1. The number of hydrogen-bond acceptors (Lipinski definition) is 3. The zero-order chi connectivity index (χ0) is 23.9. The van der Waals surface area contributed by atoms with Gasteiger partial charge in [-0.05, 0) is 80.9 Å². The van der Waals surface area contributed by atoms with Crippen LogP contribution in [0.4, 0.5) is 0 Å². The molecule has 34 heavy (non-hydrogen) atoms. The summed E-state index contributed by atoms with van der Waals surface area (Å²) in [5.74, 6) is 1.22. The predicted octanol–water partition coefficient (Wildman–Crippen LogP) is 5.69. The van der Waals surface area contributed by atoms with Gasteiger partial charge in [0.15, 0.2) is 0 Å². The van der Waals surface area contributed by atoms with Gasteiger partial charge in [0.1, 0.15) is 0 Å². The molecule has 4 nitrogen and oxygen atoms in total. The fraction of sp³-hybridized carbons (Fsp3) is 0.633. The molecule has 4 rings (SSSR count). The van der Waals surface area contributed by atoms with Crippen LogP contribution >= 0.6 is 0 Å². The van der Waals surface area contributed by atoms with E-state index in [2.05, 4.69) is 31.2 Å². The summed E-state index contributed by atoms with van der Waals surface area (Å²) in [5.41, 5.74) is 3.53. The van der Waals surface area contributed by atoms with Gasteiger partial charge in [-0.1, -0.05) is 62.1 Å². The first-order valence-electron chi connectivity index (χ1n) is 13.7. The van der Waals surface area contributed by atoms with Crippen molar-refractivity contribution in [3.05, 3.63) is 59.2 Å². The van der Waals surface area contributed by atoms with E-state index in [4.69, 9.17) is 0 Å². The van der Waals surface area contributed by atoms with Gasteiger partial charge in [-0.25, -0.2) is 0 Å². The lowest BCUT2D eigenvalue weighted by Gasteiger charge is -2.26. The molecular weight excluding hydrogens is 422 g/mol. The highest BCUT2D eigenvalue weighted by Gasteiger charge is 2.43. The van der Waals surface area contributed by atoms with E-state index < -0.39 is 6.10 Å². The number of rotatable bonds is 10. The molecule has 5 atom stereocenters. The fourth-order valence-electron chi connectivity index (χ4n) is 6.19. The summed E-state index contributed by atoms with van der Waals surface area (Å²) in [6.07, 6.45) is 17.2. The SMILES string of the molecule is CCCCC[C@H](O)/C=C/[C@@H]1[C@H]2CC(CCc3cccc(C(=O)N4CCCCC4)c3)=C[C@H]2C[C@H]1O. The summed E-state index contributed by atoms with van der Waals surface area (Å²) in [6, 6.07) is 8.20. The van der Waals surface area contributed by atoms with Crippen LogP contribution in [0.15, 0.2) is 48.1 Å². The molecule has 0 radical (unpaired) electrons. The average molecular weight is 466 g/mol. The van der Waals surface area contributed by atoms with Gasteiger partial charge in [0.2, 0.25) is 0 Å². The van der Waals surface area contributed by atoms with Crippen LogP contribution in [0.25, 0.3) is 0 Å². The van der Waals surface area contributed by atoms with Crippen LogP contribution in [0.1, 0.15) is 87.1 Å². The number of amides is 1. The highest BCUT2D eigenvalue weighted by molar-refractivity contribution is 5.94. The number of carbonyl (C=O) groups excluding carboxylic acids is 1. The number of hydrogen-bond donors (Lipinski definition) is 2. The third-order valence-corrected chi connectivity index (χ3v) is 8.16. The van der Waals surface area contributed by atoms with Gasteiger partial charge in [-0.2, -0.15) is 0 Å². The number of aliphatic hydroxyl groups is 2. The second-order valence-electron chi connectivity index (χ2n) is 10.7.